The summed E-state index contributed by atoms with van der Waals surface area (Å²) in [5.74, 6) is 1.55. The van der Waals surface area contributed by atoms with Crippen LogP contribution in [-0.4, -0.2) is 43.3 Å². The number of nitro groups is 1. The van der Waals surface area contributed by atoms with Crippen molar-refractivity contribution >= 4 is 17.3 Å². The standard InChI is InChI=1S/C14H22N4O3/c1-3-7-15-13-5-4-12(18(19)20)14(16-13)17-8-6-11(9-17)10-21-2/h4-5,11H,3,6-10H2,1-2H3,(H,15,16). The van der Waals surface area contributed by atoms with Crippen molar-refractivity contribution in [1.82, 2.24) is 4.98 Å². The predicted octanol–water partition coefficient (Wildman–Crippen LogP) is 2.28. The first-order valence-electron chi connectivity index (χ1n) is 7.29. The number of anilines is 2. The molecule has 0 aliphatic carbocycles. The Bertz CT molecular complexity index is 495. The van der Waals surface area contributed by atoms with Gasteiger partial charge in [0.15, 0.2) is 0 Å². The van der Waals surface area contributed by atoms with Gasteiger partial charge in [0.2, 0.25) is 5.82 Å². The summed E-state index contributed by atoms with van der Waals surface area (Å²) in [6.07, 6.45) is 1.95. The third-order valence-corrected chi connectivity index (χ3v) is 3.60. The van der Waals surface area contributed by atoms with Crippen LogP contribution in [0, 0.1) is 16.0 Å². The van der Waals surface area contributed by atoms with Crippen LogP contribution in [0.1, 0.15) is 19.8 Å². The van der Waals surface area contributed by atoms with Crippen LogP contribution in [0.3, 0.4) is 0 Å². The number of methoxy groups -OCH3 is 1. The Kier molecular flexibility index (Phi) is 5.32. The molecule has 1 saturated heterocycles. The molecule has 1 N–H and O–H groups in total. The minimum Gasteiger partial charge on any atom is -0.384 e. The second-order valence-electron chi connectivity index (χ2n) is 5.28. The van der Waals surface area contributed by atoms with Crippen molar-refractivity contribution in [1.29, 1.82) is 0 Å². The lowest BCUT2D eigenvalue weighted by atomic mass is 10.1. The maximum absolute atomic E-state index is 11.2. The van der Waals surface area contributed by atoms with Gasteiger partial charge >= 0.3 is 5.69 Å². The fourth-order valence-corrected chi connectivity index (χ4v) is 2.56. The van der Waals surface area contributed by atoms with E-state index in [1.165, 1.54) is 6.07 Å². The smallest absolute Gasteiger partial charge is 0.311 e. The Morgan fingerprint density at radius 1 is 1.57 bits per heavy atom. The van der Waals surface area contributed by atoms with E-state index in [0.29, 0.717) is 24.2 Å². The quantitative estimate of drug-likeness (QED) is 0.614. The summed E-state index contributed by atoms with van der Waals surface area (Å²) in [5, 5.41) is 14.4. The molecule has 0 bridgehead atoms. The van der Waals surface area contributed by atoms with Crippen LogP contribution in [0.25, 0.3) is 0 Å². The van der Waals surface area contributed by atoms with E-state index in [1.807, 2.05) is 4.90 Å². The van der Waals surface area contributed by atoms with Gasteiger partial charge in [-0.3, -0.25) is 10.1 Å². The zero-order chi connectivity index (χ0) is 15.2. The Labute approximate surface area is 124 Å². The monoisotopic (exact) mass is 294 g/mol. The first-order chi connectivity index (χ1) is 10.2. The lowest BCUT2D eigenvalue weighted by molar-refractivity contribution is -0.384. The van der Waals surface area contributed by atoms with Crippen molar-refractivity contribution in [2.75, 3.05) is 43.6 Å². The summed E-state index contributed by atoms with van der Waals surface area (Å²) in [4.78, 5) is 17.3. The van der Waals surface area contributed by atoms with E-state index in [9.17, 15) is 10.1 Å². The van der Waals surface area contributed by atoms with E-state index in [0.717, 1.165) is 32.5 Å². The molecule has 1 atom stereocenters. The first-order valence-corrected chi connectivity index (χ1v) is 7.29. The molecule has 2 heterocycles. The summed E-state index contributed by atoms with van der Waals surface area (Å²) in [6.45, 7) is 5.07. The Hall–Kier alpha value is -1.89. The molecule has 0 amide bonds. The number of pyridine rings is 1. The van der Waals surface area contributed by atoms with Crippen LogP contribution >= 0.6 is 0 Å². The van der Waals surface area contributed by atoms with Crippen LogP contribution in [-0.2, 0) is 4.74 Å². The van der Waals surface area contributed by atoms with Gasteiger partial charge in [0.05, 0.1) is 11.5 Å². The molecular formula is C14H22N4O3. The molecule has 0 spiro atoms. The lowest BCUT2D eigenvalue weighted by Crippen LogP contribution is -2.23. The molecule has 116 valence electrons. The van der Waals surface area contributed by atoms with Crippen LogP contribution in [0.5, 0.6) is 0 Å². The first kappa shape index (κ1) is 15.5. The average molecular weight is 294 g/mol. The second-order valence-corrected chi connectivity index (χ2v) is 5.28. The predicted molar refractivity (Wildman–Crippen MR) is 81.9 cm³/mol. The lowest BCUT2D eigenvalue weighted by Gasteiger charge is -2.18. The highest BCUT2D eigenvalue weighted by Crippen LogP contribution is 2.31. The highest BCUT2D eigenvalue weighted by molar-refractivity contribution is 5.62. The molecule has 2 rings (SSSR count). The SMILES string of the molecule is CCCNc1ccc([N+](=O)[O-])c(N2CCC(COC)C2)n1. The molecule has 0 aromatic carbocycles. The van der Waals surface area contributed by atoms with E-state index in [2.05, 4.69) is 17.2 Å². The Balaban J connectivity index is 2.20. The van der Waals surface area contributed by atoms with E-state index >= 15 is 0 Å². The summed E-state index contributed by atoms with van der Waals surface area (Å²) < 4.78 is 5.17. The molecule has 7 heteroatoms. The molecular weight excluding hydrogens is 272 g/mol. The van der Waals surface area contributed by atoms with Crippen LogP contribution in [0.2, 0.25) is 0 Å². The summed E-state index contributed by atoms with van der Waals surface area (Å²) in [5.41, 5.74) is 0.0649. The minimum atomic E-state index is -0.365. The topological polar surface area (TPSA) is 80.5 Å². The highest BCUT2D eigenvalue weighted by Gasteiger charge is 2.29. The van der Waals surface area contributed by atoms with Crippen molar-refractivity contribution in [2.45, 2.75) is 19.8 Å². The zero-order valence-corrected chi connectivity index (χ0v) is 12.5. The zero-order valence-electron chi connectivity index (χ0n) is 12.5. The Morgan fingerprint density at radius 3 is 3.05 bits per heavy atom. The highest BCUT2D eigenvalue weighted by atomic mass is 16.6. The summed E-state index contributed by atoms with van der Waals surface area (Å²) in [6, 6.07) is 3.20. The van der Waals surface area contributed by atoms with Gasteiger partial charge in [-0.1, -0.05) is 6.92 Å². The largest absolute Gasteiger partial charge is 0.384 e. The van der Waals surface area contributed by atoms with Gasteiger partial charge in [0.1, 0.15) is 5.82 Å². The fraction of sp³-hybridized carbons (Fsp3) is 0.643. The molecule has 1 aromatic heterocycles. The number of nitrogens with one attached hydrogen (secondary N) is 1. The van der Waals surface area contributed by atoms with Gasteiger partial charge in [0.25, 0.3) is 0 Å². The van der Waals surface area contributed by atoms with Crippen molar-refractivity contribution in [3.63, 3.8) is 0 Å². The number of ether oxygens (including phenoxy) is 1. The summed E-state index contributed by atoms with van der Waals surface area (Å²) >= 11 is 0. The van der Waals surface area contributed by atoms with Crippen molar-refractivity contribution in [3.8, 4) is 0 Å². The third kappa shape index (κ3) is 3.81. The second kappa shape index (κ2) is 7.21. The third-order valence-electron chi connectivity index (χ3n) is 3.60. The number of nitrogens with zero attached hydrogens (tertiary/aromatic N) is 3. The van der Waals surface area contributed by atoms with Crippen molar-refractivity contribution in [2.24, 2.45) is 5.92 Å². The molecule has 1 aliphatic rings. The minimum absolute atomic E-state index is 0.0649. The fourth-order valence-electron chi connectivity index (χ4n) is 2.56. The van der Waals surface area contributed by atoms with Crippen molar-refractivity contribution in [3.05, 3.63) is 22.2 Å². The number of hydrogen-bond acceptors (Lipinski definition) is 6. The van der Waals surface area contributed by atoms with Gasteiger partial charge < -0.3 is 15.0 Å². The Morgan fingerprint density at radius 2 is 2.38 bits per heavy atom. The van der Waals surface area contributed by atoms with Gasteiger partial charge in [-0.2, -0.15) is 0 Å². The van der Waals surface area contributed by atoms with Crippen LogP contribution in [0.15, 0.2) is 12.1 Å². The number of aromatic nitrogens is 1. The molecule has 0 saturated carbocycles. The van der Waals surface area contributed by atoms with E-state index in [1.54, 1.807) is 13.2 Å². The normalized spacial score (nSPS) is 18.0. The maximum Gasteiger partial charge on any atom is 0.311 e. The molecule has 1 aliphatic heterocycles. The number of hydrogen-bond donors (Lipinski definition) is 1. The molecule has 1 fully saturated rings. The van der Waals surface area contributed by atoms with Gasteiger partial charge in [-0.25, -0.2) is 4.98 Å². The van der Waals surface area contributed by atoms with Gasteiger partial charge in [0, 0.05) is 38.7 Å². The van der Waals surface area contributed by atoms with Gasteiger partial charge in [-0.15, -0.1) is 0 Å². The summed E-state index contributed by atoms with van der Waals surface area (Å²) in [7, 11) is 1.68. The van der Waals surface area contributed by atoms with E-state index in [-0.39, 0.29) is 10.6 Å². The van der Waals surface area contributed by atoms with Crippen molar-refractivity contribution < 1.29 is 9.66 Å². The van der Waals surface area contributed by atoms with Crippen LogP contribution in [0.4, 0.5) is 17.3 Å². The molecule has 1 aromatic rings. The van der Waals surface area contributed by atoms with Crippen LogP contribution < -0.4 is 10.2 Å². The molecule has 7 nitrogen and oxygen atoms in total. The van der Waals surface area contributed by atoms with E-state index < -0.39 is 0 Å². The average Bonchev–Trinajstić information content (AvgIpc) is 2.93. The maximum atomic E-state index is 11.2. The molecule has 21 heavy (non-hydrogen) atoms. The molecule has 1 unspecified atom stereocenters. The molecule has 0 radical (unpaired) electrons. The van der Waals surface area contributed by atoms with E-state index in [4.69, 9.17) is 4.74 Å². The van der Waals surface area contributed by atoms with Gasteiger partial charge in [-0.05, 0) is 18.9 Å². The number of rotatable bonds is 7.